The van der Waals surface area contributed by atoms with Gasteiger partial charge in [0.1, 0.15) is 0 Å². The number of fused-ring (bicyclic) bond motifs is 2. The number of carbonyl (C=O) groups is 1. The molecule has 0 N–H and O–H groups in total. The zero-order valence-corrected chi connectivity index (χ0v) is 11.3. The number of carbonyl (C=O) groups excluding carboxylic acids is 1. The van der Waals surface area contributed by atoms with E-state index in [2.05, 4.69) is 4.90 Å². The Bertz CT molecular complexity index is 317. The van der Waals surface area contributed by atoms with E-state index >= 15 is 0 Å². The summed E-state index contributed by atoms with van der Waals surface area (Å²) in [5.74, 6) is 1.95. The van der Waals surface area contributed by atoms with Crippen molar-refractivity contribution in [2.75, 3.05) is 39.9 Å². The molecule has 0 unspecified atom stereocenters. The maximum Gasteiger partial charge on any atom is 0.240 e. The SMILES string of the molecule is COCCN1C[C@H]2CCN(CC3CC3)[C@H](C2)C1=O. The van der Waals surface area contributed by atoms with Crippen molar-refractivity contribution in [2.24, 2.45) is 11.8 Å². The fourth-order valence-corrected chi connectivity index (χ4v) is 3.38. The van der Waals surface area contributed by atoms with Gasteiger partial charge in [0.15, 0.2) is 0 Å². The molecule has 1 saturated carbocycles. The summed E-state index contributed by atoms with van der Waals surface area (Å²) >= 11 is 0. The van der Waals surface area contributed by atoms with Crippen LogP contribution in [0.15, 0.2) is 0 Å². The zero-order chi connectivity index (χ0) is 12.5. The van der Waals surface area contributed by atoms with E-state index in [0.29, 0.717) is 12.5 Å². The standard InChI is InChI=1S/C14H24N2O2/c1-18-7-6-16-10-12-4-5-15(9-11-2-3-11)13(8-12)14(16)17/h11-13H,2-10H2,1H3/t12-,13+/m0/s1. The molecule has 0 aromatic rings. The highest BCUT2D eigenvalue weighted by Gasteiger charge is 2.42. The van der Waals surface area contributed by atoms with Crippen molar-refractivity contribution in [3.8, 4) is 0 Å². The first-order valence-electron chi connectivity index (χ1n) is 7.29. The summed E-state index contributed by atoms with van der Waals surface area (Å²) in [5.41, 5.74) is 0. The van der Waals surface area contributed by atoms with Crippen LogP contribution >= 0.6 is 0 Å². The van der Waals surface area contributed by atoms with Gasteiger partial charge in [0.2, 0.25) is 5.91 Å². The molecule has 3 fully saturated rings. The lowest BCUT2D eigenvalue weighted by Crippen LogP contribution is -2.59. The molecule has 2 heterocycles. The predicted octanol–water partition coefficient (Wildman–Crippen LogP) is 0.966. The molecule has 4 nitrogen and oxygen atoms in total. The van der Waals surface area contributed by atoms with Gasteiger partial charge in [-0.1, -0.05) is 0 Å². The van der Waals surface area contributed by atoms with Crippen molar-refractivity contribution < 1.29 is 9.53 Å². The Morgan fingerprint density at radius 3 is 2.89 bits per heavy atom. The zero-order valence-electron chi connectivity index (χ0n) is 11.3. The molecule has 18 heavy (non-hydrogen) atoms. The molecule has 2 saturated heterocycles. The monoisotopic (exact) mass is 252 g/mol. The van der Waals surface area contributed by atoms with Gasteiger partial charge in [0, 0.05) is 26.7 Å². The summed E-state index contributed by atoms with van der Waals surface area (Å²) < 4.78 is 5.11. The van der Waals surface area contributed by atoms with Gasteiger partial charge in [-0.25, -0.2) is 0 Å². The van der Waals surface area contributed by atoms with Gasteiger partial charge in [-0.05, 0) is 44.1 Å². The third kappa shape index (κ3) is 2.54. The number of rotatable bonds is 5. The van der Waals surface area contributed by atoms with Gasteiger partial charge < -0.3 is 9.64 Å². The van der Waals surface area contributed by atoms with Gasteiger partial charge in [-0.2, -0.15) is 0 Å². The van der Waals surface area contributed by atoms with Crippen LogP contribution in [0.25, 0.3) is 0 Å². The summed E-state index contributed by atoms with van der Waals surface area (Å²) in [6, 6.07) is 0.176. The Labute approximate surface area is 109 Å². The molecule has 0 spiro atoms. The number of ether oxygens (including phenoxy) is 1. The second kappa shape index (κ2) is 5.17. The average molecular weight is 252 g/mol. The number of hydrogen-bond acceptors (Lipinski definition) is 3. The van der Waals surface area contributed by atoms with Crippen LogP contribution in [0.3, 0.4) is 0 Å². The summed E-state index contributed by atoms with van der Waals surface area (Å²) in [4.78, 5) is 17.0. The van der Waals surface area contributed by atoms with Crippen LogP contribution in [-0.4, -0.2) is 61.6 Å². The lowest BCUT2D eigenvalue weighted by molar-refractivity contribution is -0.146. The van der Waals surface area contributed by atoms with Crippen LogP contribution in [0.1, 0.15) is 25.7 Å². The number of methoxy groups -OCH3 is 1. The van der Waals surface area contributed by atoms with Gasteiger partial charge in [0.05, 0.1) is 12.6 Å². The van der Waals surface area contributed by atoms with E-state index in [-0.39, 0.29) is 6.04 Å². The third-order valence-electron chi connectivity index (χ3n) is 4.65. The molecule has 0 aromatic carbocycles. The lowest BCUT2D eigenvalue weighted by atomic mass is 9.85. The van der Waals surface area contributed by atoms with Gasteiger partial charge in [-0.3, -0.25) is 9.69 Å². The molecule has 0 radical (unpaired) electrons. The number of likely N-dealkylation sites (tertiary alicyclic amines) is 2. The van der Waals surface area contributed by atoms with Crippen LogP contribution in [0.2, 0.25) is 0 Å². The maximum absolute atomic E-state index is 12.5. The predicted molar refractivity (Wildman–Crippen MR) is 69.3 cm³/mol. The highest BCUT2D eigenvalue weighted by atomic mass is 16.5. The minimum Gasteiger partial charge on any atom is -0.383 e. The smallest absolute Gasteiger partial charge is 0.240 e. The van der Waals surface area contributed by atoms with Crippen molar-refractivity contribution in [2.45, 2.75) is 31.7 Å². The molecule has 3 aliphatic rings. The number of hydrogen-bond donors (Lipinski definition) is 0. The quantitative estimate of drug-likeness (QED) is 0.731. The normalized spacial score (nSPS) is 32.9. The van der Waals surface area contributed by atoms with Gasteiger partial charge in [0.25, 0.3) is 0 Å². The van der Waals surface area contributed by atoms with Crippen LogP contribution in [0.5, 0.6) is 0 Å². The van der Waals surface area contributed by atoms with Crippen molar-refractivity contribution in [3.63, 3.8) is 0 Å². The van der Waals surface area contributed by atoms with Crippen LogP contribution in [0.4, 0.5) is 0 Å². The summed E-state index contributed by atoms with van der Waals surface area (Å²) in [7, 11) is 1.70. The Morgan fingerprint density at radius 1 is 1.33 bits per heavy atom. The van der Waals surface area contributed by atoms with E-state index in [1.807, 2.05) is 4.90 Å². The Hall–Kier alpha value is -0.610. The van der Waals surface area contributed by atoms with Gasteiger partial charge >= 0.3 is 0 Å². The van der Waals surface area contributed by atoms with Crippen molar-refractivity contribution in [1.29, 1.82) is 0 Å². The first kappa shape index (κ1) is 12.4. The molecule has 2 atom stereocenters. The highest BCUT2D eigenvalue weighted by molar-refractivity contribution is 5.83. The Balaban J connectivity index is 1.63. The highest BCUT2D eigenvalue weighted by Crippen LogP contribution is 2.35. The largest absolute Gasteiger partial charge is 0.383 e. The lowest BCUT2D eigenvalue weighted by Gasteiger charge is -2.46. The molecular weight excluding hydrogens is 228 g/mol. The molecular formula is C14H24N2O2. The molecule has 3 rings (SSSR count). The van der Waals surface area contributed by atoms with Crippen molar-refractivity contribution in [1.82, 2.24) is 9.80 Å². The van der Waals surface area contributed by atoms with Crippen LogP contribution < -0.4 is 0 Å². The minimum atomic E-state index is 0.176. The fourth-order valence-electron chi connectivity index (χ4n) is 3.38. The topological polar surface area (TPSA) is 32.8 Å². The van der Waals surface area contributed by atoms with Gasteiger partial charge in [-0.15, -0.1) is 0 Å². The van der Waals surface area contributed by atoms with E-state index < -0.39 is 0 Å². The van der Waals surface area contributed by atoms with E-state index in [1.54, 1.807) is 7.11 Å². The number of nitrogens with zero attached hydrogens (tertiary/aromatic N) is 2. The molecule has 1 amide bonds. The molecule has 102 valence electrons. The second-order valence-electron chi connectivity index (χ2n) is 6.12. The Morgan fingerprint density at radius 2 is 2.17 bits per heavy atom. The molecule has 1 aliphatic carbocycles. The van der Waals surface area contributed by atoms with Crippen LogP contribution in [0, 0.1) is 11.8 Å². The third-order valence-corrected chi connectivity index (χ3v) is 4.65. The van der Waals surface area contributed by atoms with E-state index in [4.69, 9.17) is 4.74 Å². The Kier molecular flexibility index (Phi) is 3.57. The summed E-state index contributed by atoms with van der Waals surface area (Å²) in [6.07, 6.45) is 5.09. The van der Waals surface area contributed by atoms with E-state index in [1.165, 1.54) is 19.3 Å². The van der Waals surface area contributed by atoms with Crippen molar-refractivity contribution >= 4 is 5.91 Å². The molecule has 0 aromatic heterocycles. The molecule has 2 bridgehead atoms. The summed E-state index contributed by atoms with van der Waals surface area (Å²) in [6.45, 7) is 4.67. The van der Waals surface area contributed by atoms with Crippen LogP contribution in [-0.2, 0) is 9.53 Å². The minimum absolute atomic E-state index is 0.176. The first-order valence-corrected chi connectivity index (χ1v) is 7.29. The van der Waals surface area contributed by atoms with Crippen molar-refractivity contribution in [3.05, 3.63) is 0 Å². The van der Waals surface area contributed by atoms with E-state index in [9.17, 15) is 4.79 Å². The summed E-state index contributed by atoms with van der Waals surface area (Å²) in [5, 5.41) is 0. The second-order valence-corrected chi connectivity index (χ2v) is 6.12. The first-order chi connectivity index (χ1) is 8.78. The molecule has 2 aliphatic heterocycles. The number of piperidine rings is 2. The number of amides is 1. The maximum atomic E-state index is 12.5. The average Bonchev–Trinajstić information content (AvgIpc) is 3.18. The molecule has 4 heteroatoms. The fraction of sp³-hybridized carbons (Fsp3) is 0.929. The van der Waals surface area contributed by atoms with E-state index in [0.717, 1.165) is 44.4 Å².